The minimum atomic E-state index is -0.421. The van der Waals surface area contributed by atoms with Crippen LogP contribution in [0.15, 0.2) is 0 Å². The summed E-state index contributed by atoms with van der Waals surface area (Å²) in [4.78, 5) is 14.2. The lowest BCUT2D eigenvalue weighted by Crippen LogP contribution is -2.49. The molecule has 1 saturated heterocycles. The quantitative estimate of drug-likeness (QED) is 0.844. The predicted molar refractivity (Wildman–Crippen MR) is 80.6 cm³/mol. The van der Waals surface area contributed by atoms with Gasteiger partial charge in [-0.3, -0.25) is 0 Å². The number of hydrogen-bond donors (Lipinski definition) is 1. The average molecular weight is 282 g/mol. The van der Waals surface area contributed by atoms with Crippen molar-refractivity contribution in [3.8, 4) is 0 Å². The molecule has 0 aromatic carbocycles. The maximum atomic E-state index is 12.3. The molecule has 0 spiro atoms. The molecule has 0 radical (unpaired) electrons. The van der Waals surface area contributed by atoms with Gasteiger partial charge in [0.05, 0.1) is 0 Å². The van der Waals surface area contributed by atoms with Gasteiger partial charge in [-0.1, -0.05) is 19.3 Å². The summed E-state index contributed by atoms with van der Waals surface area (Å²) in [7, 11) is 0. The number of nitrogens with zero attached hydrogens (tertiary/aromatic N) is 1. The Hall–Kier alpha value is -0.770. The van der Waals surface area contributed by atoms with Gasteiger partial charge in [0.25, 0.3) is 0 Å². The summed E-state index contributed by atoms with van der Waals surface area (Å²) >= 11 is 0. The highest BCUT2D eigenvalue weighted by Crippen LogP contribution is 2.34. The minimum Gasteiger partial charge on any atom is -0.444 e. The van der Waals surface area contributed by atoms with Crippen molar-refractivity contribution >= 4 is 6.09 Å². The molecule has 4 nitrogen and oxygen atoms in total. The summed E-state index contributed by atoms with van der Waals surface area (Å²) in [6.07, 6.45) is 8.88. The highest BCUT2D eigenvalue weighted by molar-refractivity contribution is 5.69. The van der Waals surface area contributed by atoms with Crippen LogP contribution in [0.25, 0.3) is 0 Å². The molecule has 116 valence electrons. The third-order valence-electron chi connectivity index (χ3n) is 4.50. The zero-order valence-electron chi connectivity index (χ0n) is 13.3. The first kappa shape index (κ1) is 15.6. The van der Waals surface area contributed by atoms with Gasteiger partial charge in [-0.25, -0.2) is 4.79 Å². The number of carbonyl (C=O) groups excluding carboxylic acids is 1. The molecular formula is C16H30N2O2. The van der Waals surface area contributed by atoms with Crippen molar-refractivity contribution in [2.75, 3.05) is 6.54 Å². The van der Waals surface area contributed by atoms with Crippen molar-refractivity contribution in [3.63, 3.8) is 0 Å². The molecule has 1 saturated carbocycles. The number of ether oxygens (including phenoxy) is 1. The molecule has 2 N–H and O–H groups in total. The summed E-state index contributed by atoms with van der Waals surface area (Å²) in [5, 5.41) is 0. The van der Waals surface area contributed by atoms with Crippen LogP contribution in [0.2, 0.25) is 0 Å². The van der Waals surface area contributed by atoms with E-state index in [1.165, 1.54) is 19.3 Å². The lowest BCUT2D eigenvalue weighted by atomic mass is 9.78. The third kappa shape index (κ3) is 4.11. The van der Waals surface area contributed by atoms with Gasteiger partial charge in [-0.2, -0.15) is 0 Å². The van der Waals surface area contributed by atoms with Gasteiger partial charge in [-0.15, -0.1) is 0 Å². The summed E-state index contributed by atoms with van der Waals surface area (Å²) < 4.78 is 5.52. The summed E-state index contributed by atoms with van der Waals surface area (Å²) in [5.74, 6) is 0. The molecule has 1 aliphatic carbocycles. The minimum absolute atomic E-state index is 0.0620. The van der Waals surface area contributed by atoms with Crippen LogP contribution in [0.5, 0.6) is 0 Å². The highest BCUT2D eigenvalue weighted by atomic mass is 16.6. The smallest absolute Gasteiger partial charge is 0.410 e. The van der Waals surface area contributed by atoms with Gasteiger partial charge >= 0.3 is 6.09 Å². The normalized spacial score (nSPS) is 26.6. The molecule has 1 amide bonds. The standard InChI is InChI=1S/C16H30N2O2/c1-15(2,3)20-14(19)18-11-7-8-13(18)12-16(17)9-5-4-6-10-16/h13H,4-12,17H2,1-3H3. The molecule has 4 heteroatoms. The summed E-state index contributed by atoms with van der Waals surface area (Å²) in [6, 6.07) is 0.271. The van der Waals surface area contributed by atoms with Crippen molar-refractivity contribution in [3.05, 3.63) is 0 Å². The van der Waals surface area contributed by atoms with Crippen molar-refractivity contribution in [2.45, 2.75) is 89.3 Å². The fourth-order valence-corrected chi connectivity index (χ4v) is 3.54. The molecular weight excluding hydrogens is 252 g/mol. The van der Waals surface area contributed by atoms with E-state index in [1.807, 2.05) is 25.7 Å². The van der Waals surface area contributed by atoms with Crippen LogP contribution < -0.4 is 5.73 Å². The molecule has 2 rings (SSSR count). The maximum Gasteiger partial charge on any atom is 0.410 e. The van der Waals surface area contributed by atoms with Gasteiger partial charge in [0.2, 0.25) is 0 Å². The van der Waals surface area contributed by atoms with Gasteiger partial charge in [0, 0.05) is 18.1 Å². The Morgan fingerprint density at radius 1 is 1.25 bits per heavy atom. The lowest BCUT2D eigenvalue weighted by molar-refractivity contribution is 0.0197. The highest BCUT2D eigenvalue weighted by Gasteiger charge is 2.38. The van der Waals surface area contributed by atoms with E-state index in [9.17, 15) is 4.79 Å². The average Bonchev–Trinajstić information content (AvgIpc) is 2.75. The second-order valence-electron chi connectivity index (χ2n) is 7.60. The van der Waals surface area contributed by atoms with Crippen LogP contribution in [0.3, 0.4) is 0 Å². The molecule has 1 heterocycles. The van der Waals surface area contributed by atoms with E-state index in [1.54, 1.807) is 0 Å². The van der Waals surface area contributed by atoms with E-state index in [0.717, 1.165) is 38.6 Å². The first-order chi connectivity index (χ1) is 9.29. The van der Waals surface area contributed by atoms with Gasteiger partial charge < -0.3 is 15.4 Å². The SMILES string of the molecule is CC(C)(C)OC(=O)N1CCCC1CC1(N)CCCCC1. The topological polar surface area (TPSA) is 55.6 Å². The van der Waals surface area contributed by atoms with E-state index < -0.39 is 5.60 Å². The van der Waals surface area contributed by atoms with E-state index in [0.29, 0.717) is 0 Å². The van der Waals surface area contributed by atoms with Crippen molar-refractivity contribution in [1.82, 2.24) is 4.90 Å². The molecule has 0 bridgehead atoms. The molecule has 1 unspecified atom stereocenters. The lowest BCUT2D eigenvalue weighted by Gasteiger charge is -2.38. The number of hydrogen-bond acceptors (Lipinski definition) is 3. The Morgan fingerprint density at radius 2 is 1.90 bits per heavy atom. The first-order valence-electron chi connectivity index (χ1n) is 8.08. The van der Waals surface area contributed by atoms with E-state index >= 15 is 0 Å². The van der Waals surface area contributed by atoms with Crippen LogP contribution in [-0.2, 0) is 4.74 Å². The molecule has 1 atom stereocenters. The fourth-order valence-electron chi connectivity index (χ4n) is 3.54. The number of likely N-dealkylation sites (tertiary alicyclic amines) is 1. The predicted octanol–water partition coefficient (Wildman–Crippen LogP) is 3.44. The van der Waals surface area contributed by atoms with Crippen molar-refractivity contribution < 1.29 is 9.53 Å². The van der Waals surface area contributed by atoms with Crippen molar-refractivity contribution in [1.29, 1.82) is 0 Å². The largest absolute Gasteiger partial charge is 0.444 e. The molecule has 0 aromatic heterocycles. The van der Waals surface area contributed by atoms with E-state index in [-0.39, 0.29) is 17.7 Å². The van der Waals surface area contributed by atoms with Crippen molar-refractivity contribution in [2.24, 2.45) is 5.73 Å². The molecule has 2 aliphatic rings. The summed E-state index contributed by atoms with van der Waals surface area (Å²) in [6.45, 7) is 6.57. The number of carbonyl (C=O) groups is 1. The van der Waals surface area contributed by atoms with Gasteiger partial charge in [0.1, 0.15) is 5.60 Å². The zero-order valence-corrected chi connectivity index (χ0v) is 13.3. The maximum absolute atomic E-state index is 12.3. The Bertz CT molecular complexity index is 343. The van der Waals surface area contributed by atoms with Crippen LogP contribution in [0, 0.1) is 0 Å². The van der Waals surface area contributed by atoms with Crippen LogP contribution in [0.1, 0.15) is 72.1 Å². The fraction of sp³-hybridized carbons (Fsp3) is 0.938. The van der Waals surface area contributed by atoms with E-state index in [4.69, 9.17) is 10.5 Å². The first-order valence-corrected chi connectivity index (χ1v) is 8.08. The Labute approximate surface area is 123 Å². The zero-order chi connectivity index (χ0) is 14.8. The summed E-state index contributed by atoms with van der Waals surface area (Å²) in [5.41, 5.74) is 6.07. The number of rotatable bonds is 2. The molecule has 0 aromatic rings. The Kier molecular flexibility index (Phi) is 4.62. The molecule has 2 fully saturated rings. The Morgan fingerprint density at radius 3 is 2.50 bits per heavy atom. The van der Waals surface area contributed by atoms with Gasteiger partial charge in [0.15, 0.2) is 0 Å². The van der Waals surface area contributed by atoms with Crippen LogP contribution in [-0.4, -0.2) is 34.7 Å². The van der Waals surface area contributed by atoms with Crippen LogP contribution >= 0.6 is 0 Å². The van der Waals surface area contributed by atoms with Crippen LogP contribution in [0.4, 0.5) is 4.79 Å². The molecule has 20 heavy (non-hydrogen) atoms. The Balaban J connectivity index is 1.95. The molecule has 1 aliphatic heterocycles. The van der Waals surface area contributed by atoms with E-state index in [2.05, 4.69) is 0 Å². The van der Waals surface area contributed by atoms with Gasteiger partial charge in [-0.05, 0) is 52.9 Å². The number of nitrogens with two attached hydrogens (primary N) is 1. The number of amides is 1. The second kappa shape index (κ2) is 5.92. The second-order valence-corrected chi connectivity index (χ2v) is 7.60. The third-order valence-corrected chi connectivity index (χ3v) is 4.50. The monoisotopic (exact) mass is 282 g/mol.